The fourth-order valence-electron chi connectivity index (χ4n) is 3.53. The second kappa shape index (κ2) is 7.60. The molecule has 0 aromatic heterocycles. The lowest BCUT2D eigenvalue weighted by molar-refractivity contribution is -0.135. The smallest absolute Gasteiger partial charge is 0.241 e. The summed E-state index contributed by atoms with van der Waals surface area (Å²) in [5.41, 5.74) is 0.527. The Labute approximate surface area is 152 Å². The lowest BCUT2D eigenvalue weighted by atomic mass is 10.1. The van der Waals surface area contributed by atoms with Crippen molar-refractivity contribution in [2.75, 3.05) is 19.6 Å². The number of alkyl halides is 1. The molecular formula is C17H22ClFN2O3S. The zero-order chi connectivity index (χ0) is 18.0. The molecule has 25 heavy (non-hydrogen) atoms. The minimum Gasteiger partial charge on any atom is -0.341 e. The Kier molecular flexibility index (Phi) is 5.65. The van der Waals surface area contributed by atoms with Crippen molar-refractivity contribution in [3.05, 3.63) is 34.9 Å². The number of hydrogen-bond donors (Lipinski definition) is 0. The molecule has 1 aromatic rings. The van der Waals surface area contributed by atoms with Crippen LogP contribution in [0.4, 0.5) is 4.39 Å². The number of halogens is 2. The third-order valence-corrected chi connectivity index (χ3v) is 6.80. The minimum absolute atomic E-state index is 0.0654. The molecule has 0 radical (unpaired) electrons. The highest BCUT2D eigenvalue weighted by Crippen LogP contribution is 2.28. The molecule has 138 valence electrons. The van der Waals surface area contributed by atoms with Crippen LogP contribution in [0.3, 0.4) is 0 Å². The first-order valence-electron chi connectivity index (χ1n) is 8.53. The zero-order valence-corrected chi connectivity index (χ0v) is 15.5. The molecule has 0 bridgehead atoms. The van der Waals surface area contributed by atoms with Crippen LogP contribution < -0.4 is 0 Å². The van der Waals surface area contributed by atoms with E-state index in [1.165, 1.54) is 0 Å². The number of hydrogen-bond acceptors (Lipinski definition) is 3. The normalized spacial score (nSPS) is 25.3. The van der Waals surface area contributed by atoms with Gasteiger partial charge in [0.05, 0.1) is 5.75 Å². The summed E-state index contributed by atoms with van der Waals surface area (Å²) >= 11 is 5.91. The van der Waals surface area contributed by atoms with Crippen LogP contribution in [0.5, 0.6) is 0 Å². The third kappa shape index (κ3) is 4.33. The summed E-state index contributed by atoms with van der Waals surface area (Å²) in [6, 6.07) is 5.63. The van der Waals surface area contributed by atoms with Gasteiger partial charge in [0, 0.05) is 31.1 Å². The second-order valence-corrected chi connectivity index (χ2v) is 9.05. The molecule has 2 aliphatic rings. The van der Waals surface area contributed by atoms with Gasteiger partial charge in [-0.25, -0.2) is 12.8 Å². The van der Waals surface area contributed by atoms with E-state index in [1.807, 2.05) is 0 Å². The van der Waals surface area contributed by atoms with E-state index in [1.54, 1.807) is 29.2 Å². The summed E-state index contributed by atoms with van der Waals surface area (Å²) in [6.45, 7) is 0.982. The van der Waals surface area contributed by atoms with E-state index in [0.29, 0.717) is 23.7 Å². The topological polar surface area (TPSA) is 57.7 Å². The molecule has 3 rings (SSSR count). The van der Waals surface area contributed by atoms with Crippen molar-refractivity contribution >= 4 is 27.5 Å². The summed E-state index contributed by atoms with van der Waals surface area (Å²) in [6.07, 6.45) is 1.51. The Balaban J connectivity index is 1.79. The molecule has 2 aliphatic heterocycles. The van der Waals surface area contributed by atoms with E-state index in [9.17, 15) is 17.6 Å². The van der Waals surface area contributed by atoms with Crippen molar-refractivity contribution < 1.29 is 17.6 Å². The molecular weight excluding hydrogens is 367 g/mol. The van der Waals surface area contributed by atoms with E-state index in [4.69, 9.17) is 11.6 Å². The van der Waals surface area contributed by atoms with Gasteiger partial charge >= 0.3 is 0 Å². The number of piperidine rings is 1. The van der Waals surface area contributed by atoms with Gasteiger partial charge < -0.3 is 4.90 Å². The maximum absolute atomic E-state index is 14.0. The number of carbonyl (C=O) groups is 1. The highest BCUT2D eigenvalue weighted by Gasteiger charge is 2.45. The maximum atomic E-state index is 14.0. The molecule has 5 nitrogen and oxygen atoms in total. The summed E-state index contributed by atoms with van der Waals surface area (Å²) in [5.74, 6) is -0.557. The summed E-state index contributed by atoms with van der Waals surface area (Å²) < 4.78 is 40.6. The molecule has 2 heterocycles. The van der Waals surface area contributed by atoms with Crippen LogP contribution in [0, 0.1) is 0 Å². The Morgan fingerprint density at radius 1 is 1.24 bits per heavy atom. The molecule has 8 heteroatoms. The van der Waals surface area contributed by atoms with Crippen LogP contribution in [0.15, 0.2) is 24.3 Å². The first kappa shape index (κ1) is 18.6. The average molecular weight is 389 g/mol. The molecule has 0 saturated carbocycles. The fourth-order valence-corrected chi connectivity index (χ4v) is 5.47. The van der Waals surface area contributed by atoms with Gasteiger partial charge in [-0.05, 0) is 37.0 Å². The van der Waals surface area contributed by atoms with Crippen LogP contribution in [0.2, 0.25) is 5.02 Å². The van der Waals surface area contributed by atoms with E-state index in [0.717, 1.165) is 23.6 Å². The van der Waals surface area contributed by atoms with Gasteiger partial charge in [0.15, 0.2) is 0 Å². The molecule has 0 N–H and O–H groups in total. The molecule has 0 aliphatic carbocycles. The fraction of sp³-hybridized carbons (Fsp3) is 0.588. The van der Waals surface area contributed by atoms with Crippen molar-refractivity contribution in [3.8, 4) is 0 Å². The SMILES string of the molecule is O=C([C@@H]1C[C@H](F)CN1S(=O)(=O)Cc1cccc(Cl)c1)N1CCCCC1. The number of benzene rings is 1. The van der Waals surface area contributed by atoms with Gasteiger partial charge in [0.1, 0.15) is 12.2 Å². The van der Waals surface area contributed by atoms with Crippen LogP contribution in [-0.2, 0) is 20.6 Å². The Bertz CT molecular complexity index is 737. The molecule has 0 unspecified atom stereocenters. The van der Waals surface area contributed by atoms with Crippen LogP contribution in [0.25, 0.3) is 0 Å². The third-order valence-electron chi connectivity index (χ3n) is 4.75. The van der Waals surface area contributed by atoms with Gasteiger partial charge in [-0.2, -0.15) is 4.31 Å². The van der Waals surface area contributed by atoms with Crippen molar-refractivity contribution in [1.29, 1.82) is 0 Å². The van der Waals surface area contributed by atoms with Crippen molar-refractivity contribution in [2.45, 2.75) is 43.6 Å². The van der Waals surface area contributed by atoms with E-state index >= 15 is 0 Å². The molecule has 1 aromatic carbocycles. The summed E-state index contributed by atoms with van der Waals surface area (Å²) in [5, 5.41) is 0.443. The highest BCUT2D eigenvalue weighted by atomic mass is 35.5. The van der Waals surface area contributed by atoms with Crippen LogP contribution in [-0.4, -0.2) is 55.4 Å². The van der Waals surface area contributed by atoms with E-state index in [-0.39, 0.29) is 24.6 Å². The second-order valence-electron chi connectivity index (χ2n) is 6.69. The van der Waals surface area contributed by atoms with E-state index in [2.05, 4.69) is 0 Å². The lowest BCUT2D eigenvalue weighted by Crippen LogP contribution is -2.49. The van der Waals surface area contributed by atoms with Gasteiger partial charge in [0.2, 0.25) is 15.9 Å². The predicted molar refractivity (Wildman–Crippen MR) is 94.5 cm³/mol. The Hall–Kier alpha value is -1.18. The Morgan fingerprint density at radius 2 is 1.96 bits per heavy atom. The molecule has 2 saturated heterocycles. The van der Waals surface area contributed by atoms with E-state index < -0.39 is 22.2 Å². The van der Waals surface area contributed by atoms with Gasteiger partial charge in [-0.1, -0.05) is 23.7 Å². The molecule has 2 atom stereocenters. The first-order chi connectivity index (χ1) is 11.9. The average Bonchev–Trinajstić information content (AvgIpc) is 2.97. The number of amides is 1. The number of carbonyl (C=O) groups excluding carboxylic acids is 1. The van der Waals surface area contributed by atoms with Gasteiger partial charge in [-0.3, -0.25) is 4.79 Å². The molecule has 1 amide bonds. The van der Waals surface area contributed by atoms with Crippen molar-refractivity contribution in [3.63, 3.8) is 0 Å². The monoisotopic (exact) mass is 388 g/mol. The molecule has 0 spiro atoms. The number of likely N-dealkylation sites (tertiary alicyclic amines) is 1. The lowest BCUT2D eigenvalue weighted by Gasteiger charge is -2.32. The summed E-state index contributed by atoms with van der Waals surface area (Å²) in [7, 11) is -3.81. The van der Waals surface area contributed by atoms with Crippen LogP contribution >= 0.6 is 11.6 Å². The number of rotatable bonds is 4. The molecule has 2 fully saturated rings. The van der Waals surface area contributed by atoms with Crippen molar-refractivity contribution in [2.24, 2.45) is 0 Å². The predicted octanol–water partition coefficient (Wildman–Crippen LogP) is 2.59. The largest absolute Gasteiger partial charge is 0.341 e. The van der Waals surface area contributed by atoms with Gasteiger partial charge in [-0.15, -0.1) is 0 Å². The minimum atomic E-state index is -3.81. The van der Waals surface area contributed by atoms with Crippen LogP contribution in [0.1, 0.15) is 31.2 Å². The number of nitrogens with zero attached hydrogens (tertiary/aromatic N) is 2. The highest BCUT2D eigenvalue weighted by molar-refractivity contribution is 7.88. The Morgan fingerprint density at radius 3 is 2.64 bits per heavy atom. The zero-order valence-electron chi connectivity index (χ0n) is 13.9. The standard InChI is InChI=1S/C17H22ClFN2O3S/c18-14-6-4-5-13(9-14)12-25(23,24)21-11-15(19)10-16(21)17(22)20-7-2-1-3-8-20/h4-6,9,15-16H,1-3,7-8,10-12H2/t15-,16-/m0/s1. The maximum Gasteiger partial charge on any atom is 0.241 e. The first-order valence-corrected chi connectivity index (χ1v) is 10.5. The quantitative estimate of drug-likeness (QED) is 0.796. The van der Waals surface area contributed by atoms with Gasteiger partial charge in [0.25, 0.3) is 0 Å². The van der Waals surface area contributed by atoms with Crippen molar-refractivity contribution in [1.82, 2.24) is 9.21 Å². The summed E-state index contributed by atoms with van der Waals surface area (Å²) in [4.78, 5) is 14.4. The number of sulfonamides is 1.